The van der Waals surface area contributed by atoms with Gasteiger partial charge in [0.05, 0.1) is 0 Å². The Morgan fingerprint density at radius 1 is 1.00 bits per heavy atom. The van der Waals surface area contributed by atoms with Gasteiger partial charge in [-0.1, -0.05) is 13.8 Å². The topological polar surface area (TPSA) is 18.5 Å². The quantitative estimate of drug-likeness (QED) is 0.683. The molecule has 0 heterocycles. The highest BCUT2D eigenvalue weighted by Gasteiger charge is 2.28. The van der Waals surface area contributed by atoms with Crippen LogP contribution in [-0.2, 0) is 0 Å². The van der Waals surface area contributed by atoms with Crippen molar-refractivity contribution in [1.29, 1.82) is 0 Å². The van der Waals surface area contributed by atoms with E-state index in [1.165, 1.54) is 45.2 Å². The second-order valence-corrected chi connectivity index (χ2v) is 7.28. The van der Waals surface area contributed by atoms with Gasteiger partial charge in [0.1, 0.15) is 0 Å². The highest BCUT2D eigenvalue weighted by atomic mass is 15.1. The van der Waals surface area contributed by atoms with Gasteiger partial charge in [0.15, 0.2) is 0 Å². The van der Waals surface area contributed by atoms with Gasteiger partial charge in [0.2, 0.25) is 0 Å². The summed E-state index contributed by atoms with van der Waals surface area (Å²) in [6.07, 6.45) is 6.78. The van der Waals surface area contributed by atoms with Crippen LogP contribution >= 0.6 is 0 Å². The van der Waals surface area contributed by atoms with Crippen LogP contribution in [-0.4, -0.2) is 63.2 Å². The molecule has 3 heteroatoms. The van der Waals surface area contributed by atoms with Crippen molar-refractivity contribution in [3.8, 4) is 0 Å². The largest absolute Gasteiger partial charge is 0.315 e. The van der Waals surface area contributed by atoms with Gasteiger partial charge in [-0.15, -0.1) is 0 Å². The molecule has 0 radical (unpaired) electrons. The van der Waals surface area contributed by atoms with Crippen molar-refractivity contribution >= 4 is 0 Å². The molecule has 0 aromatic rings. The van der Waals surface area contributed by atoms with Crippen LogP contribution in [0.5, 0.6) is 0 Å². The first-order valence-electron chi connectivity index (χ1n) is 7.96. The Morgan fingerprint density at radius 3 is 2.21 bits per heavy atom. The van der Waals surface area contributed by atoms with Crippen LogP contribution in [0.2, 0.25) is 0 Å². The number of nitrogens with zero attached hydrogens (tertiary/aromatic N) is 2. The van der Waals surface area contributed by atoms with Crippen molar-refractivity contribution in [3.05, 3.63) is 0 Å². The monoisotopic (exact) mass is 269 g/mol. The maximum Gasteiger partial charge on any atom is 0.0107 e. The van der Waals surface area contributed by atoms with E-state index in [0.29, 0.717) is 5.41 Å². The maximum absolute atomic E-state index is 3.56. The number of hydrogen-bond acceptors (Lipinski definition) is 3. The van der Waals surface area contributed by atoms with E-state index in [4.69, 9.17) is 0 Å². The second-order valence-electron chi connectivity index (χ2n) is 7.28. The van der Waals surface area contributed by atoms with Crippen LogP contribution in [0.25, 0.3) is 0 Å². The smallest absolute Gasteiger partial charge is 0.0107 e. The first-order chi connectivity index (χ1) is 8.91. The Balaban J connectivity index is 2.03. The maximum atomic E-state index is 3.56. The van der Waals surface area contributed by atoms with E-state index in [0.717, 1.165) is 19.1 Å². The summed E-state index contributed by atoms with van der Waals surface area (Å²) in [4.78, 5) is 4.81. The highest BCUT2D eigenvalue weighted by Crippen LogP contribution is 2.36. The SMILES string of the molecule is CN(C)CCCNCCN(C)C1CCC(C)(C)CC1. The van der Waals surface area contributed by atoms with Gasteiger partial charge in [-0.25, -0.2) is 0 Å². The van der Waals surface area contributed by atoms with Crippen molar-refractivity contribution in [2.45, 2.75) is 52.0 Å². The molecule has 114 valence electrons. The summed E-state index contributed by atoms with van der Waals surface area (Å²) in [5.74, 6) is 0. The molecule has 0 aromatic carbocycles. The van der Waals surface area contributed by atoms with E-state index in [9.17, 15) is 0 Å². The Labute approximate surface area is 120 Å². The van der Waals surface area contributed by atoms with Gasteiger partial charge in [-0.05, 0) is 71.8 Å². The summed E-state index contributed by atoms with van der Waals surface area (Å²) in [5.41, 5.74) is 0.585. The fraction of sp³-hybridized carbons (Fsp3) is 1.00. The summed E-state index contributed by atoms with van der Waals surface area (Å²) in [5, 5.41) is 3.56. The lowest BCUT2D eigenvalue weighted by molar-refractivity contribution is 0.128. The van der Waals surface area contributed by atoms with E-state index >= 15 is 0 Å². The Morgan fingerprint density at radius 2 is 1.63 bits per heavy atom. The Kier molecular flexibility index (Phi) is 7.33. The molecule has 0 aromatic heterocycles. The van der Waals surface area contributed by atoms with Crippen LogP contribution in [0.1, 0.15) is 46.0 Å². The zero-order chi connectivity index (χ0) is 14.3. The lowest BCUT2D eigenvalue weighted by Gasteiger charge is -2.38. The standard InChI is InChI=1S/C16H35N3/c1-16(2)9-7-15(8-10-16)19(5)14-12-17-11-6-13-18(3)4/h15,17H,6-14H2,1-5H3. The third-order valence-corrected chi connectivity index (χ3v) is 4.53. The summed E-state index contributed by atoms with van der Waals surface area (Å²) < 4.78 is 0. The van der Waals surface area contributed by atoms with Gasteiger partial charge in [-0.3, -0.25) is 0 Å². The van der Waals surface area contributed by atoms with Crippen LogP contribution in [0.3, 0.4) is 0 Å². The van der Waals surface area contributed by atoms with Crippen LogP contribution in [0.4, 0.5) is 0 Å². The molecule has 0 aliphatic heterocycles. The van der Waals surface area contributed by atoms with E-state index in [1.54, 1.807) is 0 Å². The summed E-state index contributed by atoms with van der Waals surface area (Å²) in [6, 6.07) is 0.816. The van der Waals surface area contributed by atoms with E-state index in [1.807, 2.05) is 0 Å². The summed E-state index contributed by atoms with van der Waals surface area (Å²) >= 11 is 0. The third kappa shape index (κ3) is 7.28. The minimum atomic E-state index is 0.585. The van der Waals surface area contributed by atoms with E-state index < -0.39 is 0 Å². The molecular formula is C16H35N3. The average molecular weight is 269 g/mol. The van der Waals surface area contributed by atoms with E-state index in [2.05, 4.69) is 50.1 Å². The molecule has 1 saturated carbocycles. The van der Waals surface area contributed by atoms with Gasteiger partial charge >= 0.3 is 0 Å². The fourth-order valence-electron chi connectivity index (χ4n) is 2.91. The zero-order valence-corrected chi connectivity index (χ0v) is 13.8. The molecule has 0 atom stereocenters. The van der Waals surface area contributed by atoms with Gasteiger partial charge < -0.3 is 15.1 Å². The second kappa shape index (κ2) is 8.23. The van der Waals surface area contributed by atoms with Crippen molar-refractivity contribution in [2.24, 2.45) is 5.41 Å². The minimum Gasteiger partial charge on any atom is -0.315 e. The molecule has 19 heavy (non-hydrogen) atoms. The zero-order valence-electron chi connectivity index (χ0n) is 13.8. The first-order valence-corrected chi connectivity index (χ1v) is 7.96. The van der Waals surface area contributed by atoms with Crippen molar-refractivity contribution in [2.75, 3.05) is 47.3 Å². The average Bonchev–Trinajstić information content (AvgIpc) is 2.32. The lowest BCUT2D eigenvalue weighted by atomic mass is 9.75. The van der Waals surface area contributed by atoms with Crippen LogP contribution in [0.15, 0.2) is 0 Å². The van der Waals surface area contributed by atoms with Crippen molar-refractivity contribution in [1.82, 2.24) is 15.1 Å². The fourth-order valence-corrected chi connectivity index (χ4v) is 2.91. The van der Waals surface area contributed by atoms with Crippen molar-refractivity contribution in [3.63, 3.8) is 0 Å². The number of rotatable bonds is 8. The molecule has 3 nitrogen and oxygen atoms in total. The molecule has 0 amide bonds. The first kappa shape index (κ1) is 16.9. The van der Waals surface area contributed by atoms with Gasteiger partial charge in [-0.2, -0.15) is 0 Å². The number of likely N-dealkylation sites (N-methyl/N-ethyl adjacent to an activating group) is 1. The van der Waals surface area contributed by atoms with Crippen LogP contribution in [0, 0.1) is 5.41 Å². The summed E-state index contributed by atoms with van der Waals surface area (Å²) in [7, 11) is 6.57. The molecule has 1 aliphatic carbocycles. The predicted molar refractivity (Wildman–Crippen MR) is 84.7 cm³/mol. The summed E-state index contributed by atoms with van der Waals surface area (Å²) in [6.45, 7) is 9.46. The molecular weight excluding hydrogens is 234 g/mol. The van der Waals surface area contributed by atoms with Crippen molar-refractivity contribution < 1.29 is 0 Å². The molecule has 1 rings (SSSR count). The Hall–Kier alpha value is -0.120. The molecule has 1 N–H and O–H groups in total. The van der Waals surface area contributed by atoms with E-state index in [-0.39, 0.29) is 0 Å². The molecule has 0 bridgehead atoms. The third-order valence-electron chi connectivity index (χ3n) is 4.53. The number of nitrogens with one attached hydrogen (secondary N) is 1. The normalized spacial score (nSPS) is 20.4. The number of hydrogen-bond donors (Lipinski definition) is 1. The van der Waals surface area contributed by atoms with Crippen LogP contribution < -0.4 is 5.32 Å². The molecule has 1 fully saturated rings. The molecule has 0 unspecified atom stereocenters. The molecule has 0 spiro atoms. The van der Waals surface area contributed by atoms with Gasteiger partial charge in [0, 0.05) is 19.1 Å². The Bertz CT molecular complexity index is 228. The molecule has 0 saturated heterocycles. The lowest BCUT2D eigenvalue weighted by Crippen LogP contribution is -2.40. The highest BCUT2D eigenvalue weighted by molar-refractivity contribution is 4.82. The molecule has 1 aliphatic rings. The predicted octanol–water partition coefficient (Wildman–Crippen LogP) is 2.43. The van der Waals surface area contributed by atoms with Gasteiger partial charge in [0.25, 0.3) is 0 Å². The minimum absolute atomic E-state index is 0.585.